The van der Waals surface area contributed by atoms with E-state index >= 15 is 0 Å². The topological polar surface area (TPSA) is 91.7 Å². The average Bonchev–Trinajstić information content (AvgIpc) is 2.87. The molecule has 0 aliphatic heterocycles. The van der Waals surface area contributed by atoms with Gasteiger partial charge in [0.2, 0.25) is 5.91 Å². The van der Waals surface area contributed by atoms with E-state index in [0.717, 1.165) is 12.5 Å². The van der Waals surface area contributed by atoms with Gasteiger partial charge in [0.25, 0.3) is 0 Å². The van der Waals surface area contributed by atoms with E-state index in [1.54, 1.807) is 33.0 Å². The standard InChI is InChI=1S/C28H38N2O4/c1-26(2,33)24(30-25(32)27(3,18-31)21-7-5-4-6-8-21)23-10-9-22(17-29-23)34-19-28-14-11-20(12-15-28)13-16-28/h4-10,17,20,24,31,33H,11-16,18-19H2,1-3H3,(H,30,32)/t20?,24-,27-,28?/m1/s1. The van der Waals surface area contributed by atoms with Gasteiger partial charge in [-0.1, -0.05) is 30.3 Å². The molecule has 34 heavy (non-hydrogen) atoms. The number of hydrogen-bond donors (Lipinski definition) is 3. The molecule has 3 saturated carbocycles. The minimum absolute atomic E-state index is 0.309. The Balaban J connectivity index is 1.46. The molecule has 1 aromatic heterocycles. The van der Waals surface area contributed by atoms with Crippen molar-refractivity contribution in [1.82, 2.24) is 10.3 Å². The zero-order chi connectivity index (χ0) is 24.4. The molecule has 1 amide bonds. The second kappa shape index (κ2) is 9.67. The summed E-state index contributed by atoms with van der Waals surface area (Å²) in [6.45, 7) is 5.34. The summed E-state index contributed by atoms with van der Waals surface area (Å²) in [5.41, 5.74) is -0.858. The maximum Gasteiger partial charge on any atom is 0.233 e. The largest absolute Gasteiger partial charge is 0.491 e. The van der Waals surface area contributed by atoms with E-state index in [4.69, 9.17) is 4.74 Å². The third-order valence-corrected chi connectivity index (χ3v) is 8.06. The number of aromatic nitrogens is 1. The van der Waals surface area contributed by atoms with Crippen molar-refractivity contribution >= 4 is 5.91 Å². The lowest BCUT2D eigenvalue weighted by molar-refractivity contribution is -0.130. The van der Waals surface area contributed by atoms with E-state index < -0.39 is 17.1 Å². The number of ether oxygens (including phenoxy) is 1. The first-order valence-electron chi connectivity index (χ1n) is 12.4. The molecule has 3 N–H and O–H groups in total. The smallest absolute Gasteiger partial charge is 0.233 e. The number of aliphatic hydroxyl groups excluding tert-OH is 1. The van der Waals surface area contributed by atoms with E-state index in [2.05, 4.69) is 10.3 Å². The van der Waals surface area contributed by atoms with Gasteiger partial charge in [0, 0.05) is 5.41 Å². The maximum absolute atomic E-state index is 13.3. The highest BCUT2D eigenvalue weighted by molar-refractivity contribution is 5.88. The molecule has 2 atom stereocenters. The number of hydrogen-bond acceptors (Lipinski definition) is 5. The number of aliphatic hydroxyl groups is 2. The first-order chi connectivity index (χ1) is 16.2. The fraction of sp³-hybridized carbons (Fsp3) is 0.571. The van der Waals surface area contributed by atoms with Gasteiger partial charge in [-0.3, -0.25) is 9.78 Å². The first kappa shape index (κ1) is 24.7. The molecule has 2 aromatic rings. The van der Waals surface area contributed by atoms with Crippen molar-refractivity contribution < 1.29 is 19.7 Å². The fourth-order valence-corrected chi connectivity index (χ4v) is 5.44. The van der Waals surface area contributed by atoms with E-state index in [9.17, 15) is 15.0 Å². The van der Waals surface area contributed by atoms with Crippen molar-refractivity contribution in [3.05, 3.63) is 59.9 Å². The monoisotopic (exact) mass is 466 g/mol. The third kappa shape index (κ3) is 5.13. The van der Waals surface area contributed by atoms with Crippen LogP contribution in [0.1, 0.15) is 76.6 Å². The molecular weight excluding hydrogens is 428 g/mol. The van der Waals surface area contributed by atoms with Gasteiger partial charge in [-0.15, -0.1) is 0 Å². The van der Waals surface area contributed by atoms with E-state index in [-0.39, 0.29) is 12.5 Å². The number of rotatable bonds is 9. The van der Waals surface area contributed by atoms with Crippen molar-refractivity contribution in [1.29, 1.82) is 0 Å². The van der Waals surface area contributed by atoms with Crippen LogP contribution in [0.4, 0.5) is 0 Å². The highest BCUT2D eigenvalue weighted by atomic mass is 16.5. The molecule has 0 saturated heterocycles. The van der Waals surface area contributed by atoms with Crippen LogP contribution in [0.3, 0.4) is 0 Å². The van der Waals surface area contributed by atoms with Crippen LogP contribution >= 0.6 is 0 Å². The minimum Gasteiger partial charge on any atom is -0.491 e. The van der Waals surface area contributed by atoms with Gasteiger partial charge < -0.3 is 20.3 Å². The normalized spacial score (nSPS) is 24.8. The summed E-state index contributed by atoms with van der Waals surface area (Å²) in [5.74, 6) is 1.25. The SMILES string of the molecule is CC(C)(O)[C@H](NC(=O)[C@](C)(CO)c1ccccc1)c1ccc(OCC23CCC(CC2)CC3)cn1. The van der Waals surface area contributed by atoms with Gasteiger partial charge >= 0.3 is 0 Å². The van der Waals surface area contributed by atoms with Crippen LogP contribution in [0.15, 0.2) is 48.7 Å². The molecule has 0 spiro atoms. The second-order valence-electron chi connectivity index (χ2n) is 11.1. The predicted octanol–water partition coefficient (Wildman–Crippen LogP) is 4.31. The summed E-state index contributed by atoms with van der Waals surface area (Å²) in [5, 5.41) is 23.9. The van der Waals surface area contributed by atoms with Crippen molar-refractivity contribution in [3.63, 3.8) is 0 Å². The van der Waals surface area contributed by atoms with Gasteiger partial charge in [0.15, 0.2) is 0 Å². The predicted molar refractivity (Wildman–Crippen MR) is 131 cm³/mol. The Hall–Kier alpha value is -2.44. The molecule has 3 fully saturated rings. The number of carbonyl (C=O) groups is 1. The van der Waals surface area contributed by atoms with Gasteiger partial charge in [0.05, 0.1) is 42.2 Å². The number of nitrogens with one attached hydrogen (secondary N) is 1. The van der Waals surface area contributed by atoms with Crippen molar-refractivity contribution in [2.45, 2.75) is 76.4 Å². The maximum atomic E-state index is 13.3. The van der Waals surface area contributed by atoms with Crippen LogP contribution in [0, 0.1) is 11.3 Å². The van der Waals surface area contributed by atoms with Gasteiger partial charge in [0.1, 0.15) is 5.75 Å². The molecule has 3 aliphatic rings. The molecule has 6 heteroatoms. The summed E-state index contributed by atoms with van der Waals surface area (Å²) in [7, 11) is 0. The number of carbonyl (C=O) groups excluding carboxylic acids is 1. The zero-order valence-electron chi connectivity index (χ0n) is 20.6. The summed E-state index contributed by atoms with van der Waals surface area (Å²) >= 11 is 0. The average molecular weight is 467 g/mol. The number of benzene rings is 1. The number of fused-ring (bicyclic) bond motifs is 3. The van der Waals surface area contributed by atoms with E-state index in [1.165, 1.54) is 38.5 Å². The van der Waals surface area contributed by atoms with Crippen LogP contribution in [-0.2, 0) is 10.2 Å². The highest BCUT2D eigenvalue weighted by Gasteiger charge is 2.41. The Bertz CT molecular complexity index is 948. The first-order valence-corrected chi connectivity index (χ1v) is 12.4. The molecule has 1 heterocycles. The highest BCUT2D eigenvalue weighted by Crippen LogP contribution is 2.50. The Morgan fingerprint density at radius 3 is 2.29 bits per heavy atom. The Morgan fingerprint density at radius 2 is 1.76 bits per heavy atom. The summed E-state index contributed by atoms with van der Waals surface area (Å²) in [6, 6.07) is 12.1. The summed E-state index contributed by atoms with van der Waals surface area (Å²) in [4.78, 5) is 17.8. The molecule has 1 aromatic carbocycles. The molecule has 3 aliphatic carbocycles. The van der Waals surface area contributed by atoms with Gasteiger partial charge in [-0.2, -0.15) is 0 Å². The van der Waals surface area contributed by atoms with Crippen molar-refractivity contribution in [2.75, 3.05) is 13.2 Å². The molecule has 2 bridgehead atoms. The van der Waals surface area contributed by atoms with Crippen LogP contribution in [0.2, 0.25) is 0 Å². The molecule has 5 rings (SSSR count). The zero-order valence-corrected chi connectivity index (χ0v) is 20.6. The van der Waals surface area contributed by atoms with E-state index in [0.29, 0.717) is 22.4 Å². The molecule has 0 radical (unpaired) electrons. The lowest BCUT2D eigenvalue weighted by atomic mass is 9.61. The lowest BCUT2D eigenvalue weighted by Crippen LogP contribution is -2.51. The van der Waals surface area contributed by atoms with E-state index in [1.807, 2.05) is 36.4 Å². The molecular formula is C28H38N2O4. The Labute approximate surface area is 202 Å². The lowest BCUT2D eigenvalue weighted by Gasteiger charge is -2.46. The van der Waals surface area contributed by atoms with Crippen LogP contribution < -0.4 is 10.1 Å². The summed E-state index contributed by atoms with van der Waals surface area (Å²) in [6.07, 6.45) is 9.40. The number of nitrogens with zero attached hydrogens (tertiary/aromatic N) is 1. The number of amides is 1. The fourth-order valence-electron chi connectivity index (χ4n) is 5.44. The molecule has 184 valence electrons. The van der Waals surface area contributed by atoms with Crippen LogP contribution in [0.25, 0.3) is 0 Å². The second-order valence-corrected chi connectivity index (χ2v) is 11.1. The molecule has 0 unspecified atom stereocenters. The Kier molecular flexibility index (Phi) is 7.02. The van der Waals surface area contributed by atoms with Crippen molar-refractivity contribution in [3.8, 4) is 5.75 Å². The minimum atomic E-state index is -1.27. The number of pyridine rings is 1. The van der Waals surface area contributed by atoms with Crippen LogP contribution in [-0.4, -0.2) is 39.9 Å². The summed E-state index contributed by atoms with van der Waals surface area (Å²) < 4.78 is 6.15. The van der Waals surface area contributed by atoms with Crippen LogP contribution in [0.5, 0.6) is 5.75 Å². The van der Waals surface area contributed by atoms with Gasteiger partial charge in [-0.25, -0.2) is 0 Å². The quantitative estimate of drug-likeness (QED) is 0.512. The third-order valence-electron chi connectivity index (χ3n) is 8.06. The molecule has 6 nitrogen and oxygen atoms in total. The van der Waals surface area contributed by atoms with Gasteiger partial charge in [-0.05, 0) is 82.9 Å². The Morgan fingerprint density at radius 1 is 1.12 bits per heavy atom. The van der Waals surface area contributed by atoms with Crippen molar-refractivity contribution in [2.24, 2.45) is 11.3 Å².